The number of nitrogens with zero attached hydrogens (tertiary/aromatic N) is 1. The normalized spacial score (nSPS) is 10.6. The zero-order valence-electron chi connectivity index (χ0n) is 14.1. The predicted molar refractivity (Wildman–Crippen MR) is 98.3 cm³/mol. The van der Waals surface area contributed by atoms with Gasteiger partial charge in [0.25, 0.3) is 5.91 Å². The molecule has 3 rings (SSSR count). The van der Waals surface area contributed by atoms with Crippen molar-refractivity contribution in [3.63, 3.8) is 0 Å². The first-order chi connectivity index (χ1) is 12.2. The minimum atomic E-state index is -0.513. The zero-order chi connectivity index (χ0) is 17.6. The summed E-state index contributed by atoms with van der Waals surface area (Å²) in [6.45, 7) is 3.00. The quantitative estimate of drug-likeness (QED) is 0.673. The molecule has 4 nitrogen and oxygen atoms in total. The summed E-state index contributed by atoms with van der Waals surface area (Å²) in [6, 6.07) is 15.9. The summed E-state index contributed by atoms with van der Waals surface area (Å²) >= 11 is 0. The highest BCUT2D eigenvalue weighted by atomic mass is 19.1. The molecular weight excluding hydrogens is 317 g/mol. The standard InChI is InChI=1S/C20H20FN3O/c1-2-14-13-19(16-8-4-6-10-18(16)24-14)22-11-12-23-20(25)15-7-3-5-9-17(15)21/h3-10,13H,2,11-12H2,1H3,(H,22,24)(H,23,25). The van der Waals surface area contributed by atoms with E-state index in [4.69, 9.17) is 0 Å². The van der Waals surface area contributed by atoms with Crippen LogP contribution in [-0.2, 0) is 6.42 Å². The Bertz CT molecular complexity index is 895. The molecule has 1 heterocycles. The van der Waals surface area contributed by atoms with Crippen molar-refractivity contribution in [3.8, 4) is 0 Å². The number of hydrogen-bond acceptors (Lipinski definition) is 3. The number of fused-ring (bicyclic) bond motifs is 1. The molecule has 0 unspecified atom stereocenters. The highest BCUT2D eigenvalue weighted by Gasteiger charge is 2.10. The van der Waals surface area contributed by atoms with Crippen LogP contribution < -0.4 is 10.6 Å². The first-order valence-electron chi connectivity index (χ1n) is 8.34. The maximum atomic E-state index is 13.6. The molecule has 5 heteroatoms. The van der Waals surface area contributed by atoms with E-state index in [2.05, 4.69) is 22.5 Å². The molecule has 1 aromatic heterocycles. The van der Waals surface area contributed by atoms with Crippen molar-refractivity contribution < 1.29 is 9.18 Å². The molecular formula is C20H20FN3O. The van der Waals surface area contributed by atoms with Crippen molar-refractivity contribution in [3.05, 3.63) is 71.7 Å². The molecule has 0 aliphatic heterocycles. The summed E-state index contributed by atoms with van der Waals surface area (Å²) in [5.74, 6) is -0.922. The molecule has 0 radical (unpaired) electrons. The predicted octanol–water partition coefficient (Wildman–Crippen LogP) is 3.78. The van der Waals surface area contributed by atoms with Gasteiger partial charge in [0.05, 0.1) is 11.1 Å². The Hall–Kier alpha value is -2.95. The number of aromatic nitrogens is 1. The van der Waals surface area contributed by atoms with Crippen LogP contribution in [0, 0.1) is 5.82 Å². The van der Waals surface area contributed by atoms with E-state index < -0.39 is 11.7 Å². The van der Waals surface area contributed by atoms with Crippen LogP contribution in [0.4, 0.5) is 10.1 Å². The van der Waals surface area contributed by atoms with Crippen LogP contribution in [0.3, 0.4) is 0 Å². The Labute approximate surface area is 146 Å². The number of benzene rings is 2. The van der Waals surface area contributed by atoms with Crippen LogP contribution in [-0.4, -0.2) is 24.0 Å². The molecule has 128 valence electrons. The van der Waals surface area contributed by atoms with Gasteiger partial charge in [0.2, 0.25) is 0 Å². The Kier molecular flexibility index (Phi) is 5.23. The molecule has 3 aromatic rings. The summed E-state index contributed by atoms with van der Waals surface area (Å²) in [4.78, 5) is 16.6. The van der Waals surface area contributed by atoms with Crippen molar-refractivity contribution in [1.29, 1.82) is 0 Å². The monoisotopic (exact) mass is 337 g/mol. The number of para-hydroxylation sites is 1. The fraction of sp³-hybridized carbons (Fsp3) is 0.200. The van der Waals surface area contributed by atoms with Crippen molar-refractivity contribution in [1.82, 2.24) is 10.3 Å². The summed E-state index contributed by atoms with van der Waals surface area (Å²) in [5.41, 5.74) is 3.00. The third-order valence-corrected chi connectivity index (χ3v) is 3.98. The van der Waals surface area contributed by atoms with Crippen LogP contribution in [0.2, 0.25) is 0 Å². The maximum absolute atomic E-state index is 13.6. The molecule has 0 aliphatic carbocycles. The van der Waals surface area contributed by atoms with Gasteiger partial charge in [-0.05, 0) is 30.7 Å². The first kappa shape index (κ1) is 16.9. The van der Waals surface area contributed by atoms with E-state index in [1.165, 1.54) is 12.1 Å². The van der Waals surface area contributed by atoms with E-state index in [0.717, 1.165) is 28.7 Å². The summed E-state index contributed by atoms with van der Waals surface area (Å²) < 4.78 is 13.6. The molecule has 0 spiro atoms. The summed E-state index contributed by atoms with van der Waals surface area (Å²) in [6.07, 6.45) is 0.851. The molecule has 1 amide bonds. The van der Waals surface area contributed by atoms with Crippen LogP contribution in [0.15, 0.2) is 54.6 Å². The van der Waals surface area contributed by atoms with Gasteiger partial charge in [-0.2, -0.15) is 0 Å². The minimum absolute atomic E-state index is 0.0603. The second-order valence-corrected chi connectivity index (χ2v) is 5.69. The molecule has 0 saturated carbocycles. The summed E-state index contributed by atoms with van der Waals surface area (Å²) in [5, 5.41) is 7.11. The smallest absolute Gasteiger partial charge is 0.254 e. The van der Waals surface area contributed by atoms with E-state index in [0.29, 0.717) is 13.1 Å². The van der Waals surface area contributed by atoms with Gasteiger partial charge in [-0.25, -0.2) is 4.39 Å². The topological polar surface area (TPSA) is 54.0 Å². The third kappa shape index (κ3) is 3.94. The number of carbonyl (C=O) groups is 1. The number of hydrogen-bond donors (Lipinski definition) is 2. The number of pyridine rings is 1. The number of anilines is 1. The highest BCUT2D eigenvalue weighted by molar-refractivity contribution is 5.94. The fourth-order valence-electron chi connectivity index (χ4n) is 2.67. The van der Waals surface area contributed by atoms with E-state index >= 15 is 0 Å². The van der Waals surface area contributed by atoms with Crippen LogP contribution >= 0.6 is 0 Å². The molecule has 0 saturated heterocycles. The average Bonchev–Trinajstić information content (AvgIpc) is 2.65. The minimum Gasteiger partial charge on any atom is -0.383 e. The lowest BCUT2D eigenvalue weighted by Gasteiger charge is -2.12. The number of carbonyl (C=O) groups excluding carboxylic acids is 1. The van der Waals surface area contributed by atoms with Crippen molar-refractivity contribution >= 4 is 22.5 Å². The van der Waals surface area contributed by atoms with Crippen molar-refractivity contribution in [2.45, 2.75) is 13.3 Å². The molecule has 0 bridgehead atoms. The highest BCUT2D eigenvalue weighted by Crippen LogP contribution is 2.23. The molecule has 2 N–H and O–H groups in total. The van der Waals surface area contributed by atoms with Gasteiger partial charge in [0.15, 0.2) is 0 Å². The van der Waals surface area contributed by atoms with Crippen molar-refractivity contribution in [2.24, 2.45) is 0 Å². The Morgan fingerprint density at radius 3 is 2.64 bits per heavy atom. The Morgan fingerprint density at radius 2 is 1.84 bits per heavy atom. The lowest BCUT2D eigenvalue weighted by atomic mass is 10.1. The third-order valence-electron chi connectivity index (χ3n) is 3.98. The second kappa shape index (κ2) is 7.75. The lowest BCUT2D eigenvalue weighted by Crippen LogP contribution is -2.29. The van der Waals surface area contributed by atoms with E-state index in [9.17, 15) is 9.18 Å². The molecule has 2 aromatic carbocycles. The average molecular weight is 337 g/mol. The van der Waals surface area contributed by atoms with E-state index in [1.54, 1.807) is 12.1 Å². The molecule has 0 atom stereocenters. The maximum Gasteiger partial charge on any atom is 0.254 e. The van der Waals surface area contributed by atoms with Gasteiger partial charge in [0, 0.05) is 29.9 Å². The van der Waals surface area contributed by atoms with Crippen LogP contribution in [0.25, 0.3) is 10.9 Å². The number of rotatable bonds is 6. The van der Waals surface area contributed by atoms with Crippen LogP contribution in [0.5, 0.6) is 0 Å². The molecule has 25 heavy (non-hydrogen) atoms. The number of aryl methyl sites for hydroxylation is 1. The van der Waals surface area contributed by atoms with Crippen molar-refractivity contribution in [2.75, 3.05) is 18.4 Å². The fourth-order valence-corrected chi connectivity index (χ4v) is 2.67. The van der Waals surface area contributed by atoms with Gasteiger partial charge in [-0.3, -0.25) is 9.78 Å². The summed E-state index contributed by atoms with van der Waals surface area (Å²) in [7, 11) is 0. The van der Waals surface area contributed by atoms with E-state index in [-0.39, 0.29) is 5.56 Å². The number of nitrogens with one attached hydrogen (secondary N) is 2. The first-order valence-corrected chi connectivity index (χ1v) is 8.34. The molecule has 0 fully saturated rings. The number of amides is 1. The van der Waals surface area contributed by atoms with Gasteiger partial charge in [-0.1, -0.05) is 37.3 Å². The Balaban J connectivity index is 1.63. The zero-order valence-corrected chi connectivity index (χ0v) is 14.1. The number of halogens is 1. The largest absolute Gasteiger partial charge is 0.383 e. The molecule has 0 aliphatic rings. The second-order valence-electron chi connectivity index (χ2n) is 5.69. The Morgan fingerprint density at radius 1 is 1.08 bits per heavy atom. The van der Waals surface area contributed by atoms with Gasteiger partial charge >= 0.3 is 0 Å². The van der Waals surface area contributed by atoms with Crippen LogP contribution in [0.1, 0.15) is 23.0 Å². The lowest BCUT2D eigenvalue weighted by molar-refractivity contribution is 0.0951. The van der Waals surface area contributed by atoms with Gasteiger partial charge in [0.1, 0.15) is 5.82 Å². The van der Waals surface area contributed by atoms with Gasteiger partial charge < -0.3 is 10.6 Å². The SMILES string of the molecule is CCc1cc(NCCNC(=O)c2ccccc2F)c2ccccc2n1. The van der Waals surface area contributed by atoms with E-state index in [1.807, 2.05) is 30.3 Å². The van der Waals surface area contributed by atoms with Gasteiger partial charge in [-0.15, -0.1) is 0 Å².